The third-order valence-electron chi connectivity index (χ3n) is 3.98. The molecule has 0 radical (unpaired) electrons. The Hall–Kier alpha value is -2.64. The van der Waals surface area contributed by atoms with E-state index in [9.17, 15) is 8.42 Å². The molecule has 0 aliphatic carbocycles. The number of pyridine rings is 1. The molecular formula is C19H20N4O2S. The van der Waals surface area contributed by atoms with Crippen LogP contribution >= 0.6 is 0 Å². The quantitative estimate of drug-likeness (QED) is 0.723. The summed E-state index contributed by atoms with van der Waals surface area (Å²) < 4.78 is 27.6. The Bertz CT molecular complexity index is 977. The van der Waals surface area contributed by atoms with Gasteiger partial charge >= 0.3 is 0 Å². The van der Waals surface area contributed by atoms with Gasteiger partial charge in [-0.15, -0.1) is 0 Å². The maximum absolute atomic E-state index is 12.4. The van der Waals surface area contributed by atoms with Crippen LogP contribution < -0.4 is 4.72 Å². The van der Waals surface area contributed by atoms with Crippen molar-refractivity contribution in [3.05, 3.63) is 77.9 Å². The van der Waals surface area contributed by atoms with Crippen LogP contribution in [-0.2, 0) is 15.8 Å². The van der Waals surface area contributed by atoms with Crippen molar-refractivity contribution in [1.82, 2.24) is 19.7 Å². The van der Waals surface area contributed by atoms with E-state index in [0.29, 0.717) is 5.82 Å². The van der Waals surface area contributed by atoms with E-state index in [-0.39, 0.29) is 5.75 Å². The normalized spacial score (nSPS) is 12.7. The van der Waals surface area contributed by atoms with Gasteiger partial charge in [-0.3, -0.25) is 4.98 Å². The predicted molar refractivity (Wildman–Crippen MR) is 101 cm³/mol. The summed E-state index contributed by atoms with van der Waals surface area (Å²) in [5, 5.41) is 0. The van der Waals surface area contributed by atoms with Crippen molar-refractivity contribution in [1.29, 1.82) is 0 Å². The van der Waals surface area contributed by atoms with E-state index in [2.05, 4.69) is 19.7 Å². The van der Waals surface area contributed by atoms with Gasteiger partial charge in [-0.1, -0.05) is 30.3 Å². The molecule has 1 atom stereocenters. The van der Waals surface area contributed by atoms with Crippen LogP contribution in [0.2, 0.25) is 0 Å². The molecule has 0 saturated heterocycles. The van der Waals surface area contributed by atoms with Crippen LogP contribution in [0.4, 0.5) is 0 Å². The monoisotopic (exact) mass is 368 g/mol. The fraction of sp³-hybridized carbons (Fsp3) is 0.211. The van der Waals surface area contributed by atoms with Crippen molar-refractivity contribution in [2.75, 3.05) is 0 Å². The topological polar surface area (TPSA) is 84.8 Å². The second-order valence-corrected chi connectivity index (χ2v) is 7.81. The lowest BCUT2D eigenvalue weighted by Gasteiger charge is -2.16. The molecule has 3 aromatic rings. The average molecular weight is 368 g/mol. The van der Waals surface area contributed by atoms with Gasteiger partial charge in [0.05, 0.1) is 5.75 Å². The largest absolute Gasteiger partial charge is 0.265 e. The lowest BCUT2D eigenvalue weighted by Crippen LogP contribution is -2.28. The first kappa shape index (κ1) is 18.2. The molecule has 2 aromatic heterocycles. The number of nitrogens with zero attached hydrogens (tertiary/aromatic N) is 3. The minimum absolute atomic E-state index is 0.0623. The van der Waals surface area contributed by atoms with Crippen LogP contribution in [0, 0.1) is 6.92 Å². The highest BCUT2D eigenvalue weighted by atomic mass is 32.2. The molecular weight excluding hydrogens is 348 g/mol. The van der Waals surface area contributed by atoms with Gasteiger partial charge < -0.3 is 0 Å². The van der Waals surface area contributed by atoms with Crippen molar-refractivity contribution < 1.29 is 8.42 Å². The zero-order valence-electron chi connectivity index (χ0n) is 14.6. The number of nitrogens with one attached hydrogen (secondary N) is 1. The number of hydrogen-bond donors (Lipinski definition) is 1. The van der Waals surface area contributed by atoms with Gasteiger partial charge in [-0.2, -0.15) is 0 Å². The molecule has 2 heterocycles. The van der Waals surface area contributed by atoms with Crippen LogP contribution in [0.15, 0.2) is 61.1 Å². The number of sulfonamides is 1. The molecule has 1 N–H and O–H groups in total. The zero-order valence-corrected chi connectivity index (χ0v) is 15.4. The lowest BCUT2D eigenvalue weighted by molar-refractivity contribution is 0.564. The molecule has 0 fully saturated rings. The Kier molecular flexibility index (Phi) is 5.39. The number of benzene rings is 1. The maximum Gasteiger partial charge on any atom is 0.216 e. The van der Waals surface area contributed by atoms with E-state index in [0.717, 1.165) is 22.4 Å². The Morgan fingerprint density at radius 2 is 1.77 bits per heavy atom. The first-order valence-electron chi connectivity index (χ1n) is 8.22. The molecule has 0 aliphatic heterocycles. The van der Waals surface area contributed by atoms with Gasteiger partial charge in [0.2, 0.25) is 10.0 Å². The third-order valence-corrected chi connectivity index (χ3v) is 5.40. The summed E-state index contributed by atoms with van der Waals surface area (Å²) in [5.74, 6) is 0.528. The molecule has 1 aromatic carbocycles. The smallest absolute Gasteiger partial charge is 0.216 e. The summed E-state index contributed by atoms with van der Waals surface area (Å²) >= 11 is 0. The Labute approximate surface area is 153 Å². The molecule has 0 bridgehead atoms. The average Bonchev–Trinajstić information content (AvgIpc) is 2.62. The first-order chi connectivity index (χ1) is 12.4. The number of aryl methyl sites for hydroxylation is 1. The molecule has 0 aliphatic rings. The molecule has 6 nitrogen and oxygen atoms in total. The van der Waals surface area contributed by atoms with Crippen LogP contribution in [0.3, 0.4) is 0 Å². The van der Waals surface area contributed by atoms with Gasteiger partial charge in [0.25, 0.3) is 0 Å². The summed E-state index contributed by atoms with van der Waals surface area (Å²) in [5.41, 5.74) is 3.10. The minimum Gasteiger partial charge on any atom is -0.265 e. The fourth-order valence-corrected chi connectivity index (χ4v) is 4.09. The molecule has 134 valence electrons. The Balaban J connectivity index is 1.76. The number of rotatable bonds is 6. The maximum atomic E-state index is 12.4. The minimum atomic E-state index is -3.47. The van der Waals surface area contributed by atoms with Crippen molar-refractivity contribution in [3.63, 3.8) is 0 Å². The van der Waals surface area contributed by atoms with E-state index in [1.54, 1.807) is 37.6 Å². The van der Waals surface area contributed by atoms with Crippen LogP contribution in [0.25, 0.3) is 11.4 Å². The second-order valence-electron chi connectivity index (χ2n) is 6.05. The van der Waals surface area contributed by atoms with Gasteiger partial charge in [0.1, 0.15) is 0 Å². The second kappa shape index (κ2) is 7.72. The summed E-state index contributed by atoms with van der Waals surface area (Å²) in [6, 6.07) is 12.3. The van der Waals surface area contributed by atoms with E-state index in [4.69, 9.17) is 0 Å². The predicted octanol–water partition coefficient (Wildman–Crippen LogP) is 3.03. The molecule has 0 unspecified atom stereocenters. The van der Waals surface area contributed by atoms with Crippen molar-refractivity contribution in [2.45, 2.75) is 25.6 Å². The Morgan fingerprint density at radius 1 is 1.08 bits per heavy atom. The van der Waals surface area contributed by atoms with Gasteiger partial charge in [0.15, 0.2) is 5.82 Å². The highest BCUT2D eigenvalue weighted by Crippen LogP contribution is 2.20. The molecule has 26 heavy (non-hydrogen) atoms. The standard InChI is InChI=1S/C19H20N4O2S/c1-14-18(12-21-19(22-14)17-8-10-20-11-9-17)15(2)23-26(24,25)13-16-6-4-3-5-7-16/h3-12,15,23H,13H2,1-2H3/t15-/m1/s1. The molecule has 7 heteroatoms. The van der Waals surface area contributed by atoms with E-state index in [1.807, 2.05) is 37.3 Å². The highest BCUT2D eigenvalue weighted by molar-refractivity contribution is 7.88. The summed E-state index contributed by atoms with van der Waals surface area (Å²) in [4.78, 5) is 12.9. The summed E-state index contributed by atoms with van der Waals surface area (Å²) in [7, 11) is -3.47. The number of hydrogen-bond acceptors (Lipinski definition) is 5. The zero-order chi connectivity index (χ0) is 18.6. The first-order valence-corrected chi connectivity index (χ1v) is 9.88. The SMILES string of the molecule is Cc1nc(-c2ccncc2)ncc1[C@@H](C)NS(=O)(=O)Cc1ccccc1. The molecule has 3 rings (SSSR count). The molecule has 0 spiro atoms. The van der Waals surface area contributed by atoms with Crippen molar-refractivity contribution in [3.8, 4) is 11.4 Å². The summed E-state index contributed by atoms with van der Waals surface area (Å²) in [6.07, 6.45) is 5.04. The highest BCUT2D eigenvalue weighted by Gasteiger charge is 2.19. The van der Waals surface area contributed by atoms with Crippen molar-refractivity contribution >= 4 is 10.0 Å². The number of aromatic nitrogens is 3. The van der Waals surface area contributed by atoms with E-state index < -0.39 is 16.1 Å². The summed E-state index contributed by atoms with van der Waals surface area (Å²) in [6.45, 7) is 3.64. The van der Waals surface area contributed by atoms with E-state index >= 15 is 0 Å². The molecule has 0 amide bonds. The van der Waals surface area contributed by atoms with Crippen LogP contribution in [-0.4, -0.2) is 23.4 Å². The molecule has 0 saturated carbocycles. The van der Waals surface area contributed by atoms with Gasteiger partial charge in [-0.25, -0.2) is 23.1 Å². The van der Waals surface area contributed by atoms with Crippen LogP contribution in [0.5, 0.6) is 0 Å². The van der Waals surface area contributed by atoms with Crippen LogP contribution in [0.1, 0.15) is 29.8 Å². The fourth-order valence-electron chi connectivity index (χ4n) is 2.71. The third kappa shape index (κ3) is 4.50. The van der Waals surface area contributed by atoms with Gasteiger partial charge in [-0.05, 0) is 31.5 Å². The lowest BCUT2D eigenvalue weighted by atomic mass is 10.1. The Morgan fingerprint density at radius 3 is 2.42 bits per heavy atom. The van der Waals surface area contributed by atoms with Crippen molar-refractivity contribution in [2.24, 2.45) is 0 Å². The van der Waals surface area contributed by atoms with E-state index in [1.165, 1.54) is 0 Å². The van der Waals surface area contributed by atoms with Gasteiger partial charge in [0, 0.05) is 41.5 Å².